The molecule has 2 N–H and O–H groups in total. The largest absolute Gasteiger partial charge is 0.381 e. The lowest BCUT2D eigenvalue weighted by Gasteiger charge is -2.43. The molecular weight excluding hydrogens is 232 g/mol. The number of nitrogens with two attached hydrogens (primary N) is 1. The zero-order valence-electron chi connectivity index (χ0n) is 11.2. The van der Waals surface area contributed by atoms with Crippen LogP contribution in [-0.2, 0) is 4.74 Å². The lowest BCUT2D eigenvalue weighted by atomic mass is 9.82. The van der Waals surface area contributed by atoms with Crippen LogP contribution in [0.2, 0.25) is 0 Å². The minimum Gasteiger partial charge on any atom is -0.381 e. The van der Waals surface area contributed by atoms with Gasteiger partial charge in [0.05, 0.1) is 6.61 Å². The lowest BCUT2D eigenvalue weighted by molar-refractivity contribution is -0.0220. The smallest absolute Gasteiger partial charge is 0.0546 e. The molecule has 0 radical (unpaired) electrons. The molecule has 100 valence electrons. The number of thioether (sulfide) groups is 1. The van der Waals surface area contributed by atoms with E-state index in [0.29, 0.717) is 0 Å². The quantitative estimate of drug-likeness (QED) is 0.834. The summed E-state index contributed by atoms with van der Waals surface area (Å²) in [5.41, 5.74) is 6.23. The third kappa shape index (κ3) is 3.60. The van der Waals surface area contributed by atoms with Crippen LogP contribution >= 0.6 is 11.8 Å². The summed E-state index contributed by atoms with van der Waals surface area (Å²) < 4.78 is 5.66. The summed E-state index contributed by atoms with van der Waals surface area (Å²) in [6.45, 7) is 10.7. The van der Waals surface area contributed by atoms with Crippen LogP contribution in [0.25, 0.3) is 0 Å². The van der Waals surface area contributed by atoms with Gasteiger partial charge in [0.1, 0.15) is 0 Å². The highest BCUT2D eigenvalue weighted by molar-refractivity contribution is 8.00. The third-order valence-electron chi connectivity index (χ3n) is 3.89. The molecular formula is C13H26N2OS. The molecule has 3 unspecified atom stereocenters. The second kappa shape index (κ2) is 5.91. The molecule has 2 aliphatic heterocycles. The van der Waals surface area contributed by atoms with Gasteiger partial charge in [0.25, 0.3) is 0 Å². The van der Waals surface area contributed by atoms with E-state index in [1.807, 2.05) is 0 Å². The number of hydrogen-bond acceptors (Lipinski definition) is 4. The molecule has 0 saturated carbocycles. The summed E-state index contributed by atoms with van der Waals surface area (Å²) in [5, 5.41) is 1.50. The minimum atomic E-state index is 0.222. The fourth-order valence-electron chi connectivity index (χ4n) is 3.15. The SMILES string of the molecule is CC1CN(CC2(CN)CCCOC2)CC(C)S1. The Kier molecular flexibility index (Phi) is 4.75. The van der Waals surface area contributed by atoms with Crippen molar-refractivity contribution >= 4 is 11.8 Å². The molecule has 2 heterocycles. The average Bonchev–Trinajstić information content (AvgIpc) is 2.29. The van der Waals surface area contributed by atoms with Crippen LogP contribution in [0.15, 0.2) is 0 Å². The Morgan fingerprint density at radius 2 is 2.06 bits per heavy atom. The second-order valence-corrected chi connectivity index (χ2v) is 7.69. The van der Waals surface area contributed by atoms with E-state index in [2.05, 4.69) is 30.5 Å². The molecule has 0 bridgehead atoms. The normalized spacial score (nSPS) is 40.4. The maximum Gasteiger partial charge on any atom is 0.0546 e. The summed E-state index contributed by atoms with van der Waals surface area (Å²) in [4.78, 5) is 2.60. The van der Waals surface area contributed by atoms with Crippen LogP contribution in [0.4, 0.5) is 0 Å². The topological polar surface area (TPSA) is 38.5 Å². The van der Waals surface area contributed by atoms with E-state index >= 15 is 0 Å². The molecule has 0 aliphatic carbocycles. The summed E-state index contributed by atoms with van der Waals surface area (Å²) >= 11 is 2.11. The molecule has 2 saturated heterocycles. The molecule has 4 heteroatoms. The Labute approximate surface area is 109 Å². The lowest BCUT2D eigenvalue weighted by Crippen LogP contribution is -2.51. The van der Waals surface area contributed by atoms with E-state index < -0.39 is 0 Å². The van der Waals surface area contributed by atoms with E-state index in [1.165, 1.54) is 25.9 Å². The number of nitrogens with zero attached hydrogens (tertiary/aromatic N) is 1. The minimum absolute atomic E-state index is 0.222. The molecule has 3 atom stereocenters. The first-order valence-corrected chi connectivity index (χ1v) is 7.73. The summed E-state index contributed by atoms with van der Waals surface area (Å²) in [6, 6.07) is 0. The van der Waals surface area contributed by atoms with Gasteiger partial charge in [-0.05, 0) is 12.8 Å². The number of rotatable bonds is 3. The van der Waals surface area contributed by atoms with Gasteiger partial charge in [0.2, 0.25) is 0 Å². The number of ether oxygens (including phenoxy) is 1. The van der Waals surface area contributed by atoms with Gasteiger partial charge < -0.3 is 15.4 Å². The molecule has 17 heavy (non-hydrogen) atoms. The van der Waals surface area contributed by atoms with Crippen molar-refractivity contribution in [3.05, 3.63) is 0 Å². The fraction of sp³-hybridized carbons (Fsp3) is 1.00. The summed E-state index contributed by atoms with van der Waals surface area (Å²) in [6.07, 6.45) is 2.40. The van der Waals surface area contributed by atoms with E-state index in [9.17, 15) is 0 Å². The number of hydrogen-bond donors (Lipinski definition) is 1. The standard InChI is InChI=1S/C13H26N2OS/c1-11-6-15(7-12(2)17-11)9-13(8-14)4-3-5-16-10-13/h11-12H,3-10,14H2,1-2H3. The Morgan fingerprint density at radius 3 is 2.59 bits per heavy atom. The molecule has 0 aromatic heterocycles. The first-order chi connectivity index (χ1) is 8.13. The van der Waals surface area contributed by atoms with Gasteiger partial charge in [0, 0.05) is 48.7 Å². The fourth-order valence-corrected chi connectivity index (χ4v) is 4.54. The molecule has 0 aromatic rings. The highest BCUT2D eigenvalue weighted by atomic mass is 32.2. The van der Waals surface area contributed by atoms with Gasteiger partial charge >= 0.3 is 0 Å². The van der Waals surface area contributed by atoms with Crippen LogP contribution < -0.4 is 5.73 Å². The molecule has 0 spiro atoms. The van der Waals surface area contributed by atoms with Crippen molar-refractivity contribution in [3.8, 4) is 0 Å². The van der Waals surface area contributed by atoms with Crippen molar-refractivity contribution in [1.29, 1.82) is 0 Å². The second-order valence-electron chi connectivity index (χ2n) is 5.81. The molecule has 0 amide bonds. The first-order valence-electron chi connectivity index (χ1n) is 6.79. The van der Waals surface area contributed by atoms with Crippen LogP contribution in [0.3, 0.4) is 0 Å². The van der Waals surface area contributed by atoms with Gasteiger partial charge in [-0.25, -0.2) is 0 Å². The summed E-state index contributed by atoms with van der Waals surface area (Å²) in [5.74, 6) is 0. The van der Waals surface area contributed by atoms with Gasteiger partial charge in [0.15, 0.2) is 0 Å². The van der Waals surface area contributed by atoms with Crippen molar-refractivity contribution in [2.75, 3.05) is 39.4 Å². The highest BCUT2D eigenvalue weighted by Gasteiger charge is 2.35. The first kappa shape index (κ1) is 13.7. The van der Waals surface area contributed by atoms with Gasteiger partial charge in [-0.3, -0.25) is 0 Å². The summed E-state index contributed by atoms with van der Waals surface area (Å²) in [7, 11) is 0. The Bertz CT molecular complexity index is 234. The van der Waals surface area contributed by atoms with Crippen LogP contribution in [0.1, 0.15) is 26.7 Å². The van der Waals surface area contributed by atoms with Gasteiger partial charge in [-0.15, -0.1) is 0 Å². The third-order valence-corrected chi connectivity index (χ3v) is 5.12. The van der Waals surface area contributed by atoms with E-state index in [0.717, 1.165) is 36.8 Å². The Balaban J connectivity index is 1.93. The maximum absolute atomic E-state index is 6.01. The van der Waals surface area contributed by atoms with Gasteiger partial charge in [-0.2, -0.15) is 11.8 Å². The van der Waals surface area contributed by atoms with Gasteiger partial charge in [-0.1, -0.05) is 13.8 Å². The van der Waals surface area contributed by atoms with Crippen molar-refractivity contribution < 1.29 is 4.74 Å². The molecule has 3 nitrogen and oxygen atoms in total. The van der Waals surface area contributed by atoms with Crippen LogP contribution in [0, 0.1) is 5.41 Å². The van der Waals surface area contributed by atoms with E-state index in [4.69, 9.17) is 10.5 Å². The predicted octanol–water partition coefficient (Wildman–Crippen LogP) is 1.57. The zero-order chi connectivity index (χ0) is 12.3. The Hall–Kier alpha value is 0.230. The molecule has 2 aliphatic rings. The van der Waals surface area contributed by atoms with E-state index in [1.54, 1.807) is 0 Å². The molecule has 2 rings (SSSR count). The maximum atomic E-state index is 6.01. The van der Waals surface area contributed by atoms with Crippen LogP contribution in [-0.4, -0.2) is 54.8 Å². The monoisotopic (exact) mass is 258 g/mol. The zero-order valence-corrected chi connectivity index (χ0v) is 12.0. The molecule has 2 fully saturated rings. The van der Waals surface area contributed by atoms with Crippen molar-refractivity contribution in [3.63, 3.8) is 0 Å². The highest BCUT2D eigenvalue weighted by Crippen LogP contribution is 2.32. The van der Waals surface area contributed by atoms with Crippen molar-refractivity contribution in [2.45, 2.75) is 37.2 Å². The van der Waals surface area contributed by atoms with Crippen molar-refractivity contribution in [1.82, 2.24) is 4.90 Å². The van der Waals surface area contributed by atoms with Crippen molar-refractivity contribution in [2.24, 2.45) is 11.1 Å². The Morgan fingerprint density at radius 1 is 1.35 bits per heavy atom. The average molecular weight is 258 g/mol. The van der Waals surface area contributed by atoms with Crippen LogP contribution in [0.5, 0.6) is 0 Å². The molecule has 0 aromatic carbocycles. The predicted molar refractivity (Wildman–Crippen MR) is 74.5 cm³/mol. The van der Waals surface area contributed by atoms with E-state index in [-0.39, 0.29) is 5.41 Å².